The highest BCUT2D eigenvalue weighted by atomic mass is 35.5. The van der Waals surface area contributed by atoms with Crippen molar-refractivity contribution < 1.29 is 18.0 Å². The van der Waals surface area contributed by atoms with Gasteiger partial charge in [0.2, 0.25) is 0 Å². The van der Waals surface area contributed by atoms with Gasteiger partial charge >= 0.3 is 6.18 Å². The number of amides is 1. The van der Waals surface area contributed by atoms with E-state index in [1.807, 2.05) is 0 Å². The molecule has 1 aliphatic rings. The van der Waals surface area contributed by atoms with Crippen LogP contribution in [-0.2, 0) is 19.0 Å². The Labute approximate surface area is 165 Å². The number of alkyl halides is 3. The number of carbonyl (C=O) groups is 1. The molecular weight excluding hydrogens is 415 g/mol. The maximum Gasteiger partial charge on any atom is 0.416 e. The first kappa shape index (κ1) is 18.9. The molecule has 4 rings (SSSR count). The maximum absolute atomic E-state index is 12.9. The molecule has 0 radical (unpaired) electrons. The van der Waals surface area contributed by atoms with Gasteiger partial charge in [-0.1, -0.05) is 11.6 Å². The van der Waals surface area contributed by atoms with Gasteiger partial charge in [0.15, 0.2) is 4.96 Å². The second-order valence-electron chi connectivity index (χ2n) is 6.42. The Balaban J connectivity index is 1.72. The zero-order valence-electron chi connectivity index (χ0n) is 14.3. The molecule has 28 heavy (non-hydrogen) atoms. The number of thiazole rings is 1. The molecule has 10 heteroatoms. The van der Waals surface area contributed by atoms with Gasteiger partial charge in [0.25, 0.3) is 11.5 Å². The van der Waals surface area contributed by atoms with Gasteiger partial charge in [0.05, 0.1) is 16.3 Å². The van der Waals surface area contributed by atoms with E-state index in [-0.39, 0.29) is 16.3 Å². The summed E-state index contributed by atoms with van der Waals surface area (Å²) in [5, 5.41) is 2.23. The molecule has 2 heterocycles. The van der Waals surface area contributed by atoms with Crippen LogP contribution in [0, 0.1) is 0 Å². The summed E-state index contributed by atoms with van der Waals surface area (Å²) in [5.74, 6) is -0.858. The average molecular weight is 428 g/mol. The lowest BCUT2D eigenvalue weighted by Crippen LogP contribution is -2.27. The third-order valence-corrected chi connectivity index (χ3v) is 6.08. The van der Waals surface area contributed by atoms with Gasteiger partial charge in [0.1, 0.15) is 5.56 Å². The Morgan fingerprint density at radius 3 is 2.75 bits per heavy atom. The van der Waals surface area contributed by atoms with Crippen LogP contribution in [0.5, 0.6) is 0 Å². The summed E-state index contributed by atoms with van der Waals surface area (Å²) in [6.07, 6.45) is 0.138. The lowest BCUT2D eigenvalue weighted by atomic mass is 10.0. The molecule has 146 valence electrons. The molecule has 0 saturated carbocycles. The molecular formula is C18H13ClF3N3O2S. The van der Waals surface area contributed by atoms with Crippen LogP contribution in [0.3, 0.4) is 0 Å². The number of hydrogen-bond donors (Lipinski definition) is 1. The van der Waals surface area contributed by atoms with Crippen LogP contribution in [0.2, 0.25) is 5.02 Å². The lowest BCUT2D eigenvalue weighted by molar-refractivity contribution is -0.137. The normalized spacial score (nSPS) is 14.1. The number of fused-ring (bicyclic) bond motifs is 3. The van der Waals surface area contributed by atoms with Crippen molar-refractivity contribution in [3.63, 3.8) is 0 Å². The predicted octanol–water partition coefficient (Wildman–Crippen LogP) is 4.56. The molecule has 0 spiro atoms. The van der Waals surface area contributed by atoms with E-state index in [1.54, 1.807) is 0 Å². The molecule has 3 aromatic rings. The Morgan fingerprint density at radius 2 is 2.00 bits per heavy atom. The SMILES string of the molecule is O=C(Nc1cc(C(F)(F)F)ccc1Cl)c1cnc2sc3c(n2c1=O)CCCC3. The molecule has 1 aliphatic carbocycles. The molecule has 1 N–H and O–H groups in total. The molecule has 0 unspecified atom stereocenters. The standard InChI is InChI=1S/C18H13ClF3N3O2S/c19-11-6-5-9(18(20,21)22)7-12(11)24-15(26)10-8-23-17-25(16(10)27)13-3-1-2-4-14(13)28-17/h5-8H,1-4H2,(H,24,26). The number of carbonyl (C=O) groups excluding carboxylic acids is 1. The van der Waals surface area contributed by atoms with Crippen molar-refractivity contribution in [2.24, 2.45) is 0 Å². The number of hydrogen-bond acceptors (Lipinski definition) is 4. The van der Waals surface area contributed by atoms with Crippen molar-refractivity contribution in [3.8, 4) is 0 Å². The number of halogens is 4. The smallest absolute Gasteiger partial charge is 0.320 e. The zero-order chi connectivity index (χ0) is 20.1. The van der Waals surface area contributed by atoms with Gasteiger partial charge in [-0.15, -0.1) is 11.3 Å². The van der Waals surface area contributed by atoms with Crippen molar-refractivity contribution in [1.82, 2.24) is 9.38 Å². The summed E-state index contributed by atoms with van der Waals surface area (Å²) in [7, 11) is 0. The first-order valence-corrected chi connectivity index (χ1v) is 9.65. The first-order chi connectivity index (χ1) is 13.3. The number of nitrogens with one attached hydrogen (secondary N) is 1. The molecule has 0 fully saturated rings. The minimum absolute atomic E-state index is 0.0663. The summed E-state index contributed by atoms with van der Waals surface area (Å²) in [5.41, 5.74) is -1.11. The number of benzene rings is 1. The van der Waals surface area contributed by atoms with Crippen LogP contribution in [0.1, 0.15) is 39.3 Å². The van der Waals surface area contributed by atoms with E-state index in [0.717, 1.165) is 60.7 Å². The minimum Gasteiger partial charge on any atom is -0.320 e. The Hall–Kier alpha value is -2.39. The van der Waals surface area contributed by atoms with Crippen molar-refractivity contribution >= 4 is 39.5 Å². The van der Waals surface area contributed by atoms with Gasteiger partial charge in [0, 0.05) is 16.8 Å². The van der Waals surface area contributed by atoms with Crippen molar-refractivity contribution in [1.29, 1.82) is 0 Å². The summed E-state index contributed by atoms with van der Waals surface area (Å²) in [4.78, 5) is 31.2. The second-order valence-corrected chi connectivity index (χ2v) is 7.89. The van der Waals surface area contributed by atoms with E-state index in [9.17, 15) is 22.8 Å². The van der Waals surface area contributed by atoms with Crippen molar-refractivity contribution in [3.05, 3.63) is 61.5 Å². The van der Waals surface area contributed by atoms with Crippen LogP contribution in [0.15, 0.2) is 29.2 Å². The number of anilines is 1. The van der Waals surface area contributed by atoms with Crippen LogP contribution < -0.4 is 10.9 Å². The van der Waals surface area contributed by atoms with Crippen LogP contribution >= 0.6 is 22.9 Å². The first-order valence-electron chi connectivity index (χ1n) is 8.46. The molecule has 0 saturated heterocycles. The van der Waals surface area contributed by atoms with Crippen LogP contribution in [-0.4, -0.2) is 15.3 Å². The number of aromatic nitrogens is 2. The highest BCUT2D eigenvalue weighted by Crippen LogP contribution is 2.34. The van der Waals surface area contributed by atoms with Gasteiger partial charge in [-0.3, -0.25) is 14.0 Å². The summed E-state index contributed by atoms with van der Waals surface area (Å²) >= 11 is 7.33. The third-order valence-electron chi connectivity index (χ3n) is 4.59. The van der Waals surface area contributed by atoms with E-state index in [2.05, 4.69) is 10.3 Å². The van der Waals surface area contributed by atoms with E-state index in [1.165, 1.54) is 15.7 Å². The average Bonchev–Trinajstić information content (AvgIpc) is 3.02. The van der Waals surface area contributed by atoms with Crippen LogP contribution in [0.4, 0.5) is 18.9 Å². The van der Waals surface area contributed by atoms with E-state index < -0.39 is 23.2 Å². The number of aryl methyl sites for hydroxylation is 2. The van der Waals surface area contributed by atoms with E-state index in [0.29, 0.717) is 4.96 Å². The van der Waals surface area contributed by atoms with Gasteiger partial charge in [-0.25, -0.2) is 4.98 Å². The Kier molecular flexibility index (Phi) is 4.67. The summed E-state index contributed by atoms with van der Waals surface area (Å²) in [6.45, 7) is 0. The minimum atomic E-state index is -4.58. The largest absolute Gasteiger partial charge is 0.416 e. The number of nitrogens with zero attached hydrogens (tertiary/aromatic N) is 2. The Bertz CT molecular complexity index is 1150. The molecule has 0 bridgehead atoms. The highest BCUT2D eigenvalue weighted by Gasteiger charge is 2.31. The van der Waals surface area contributed by atoms with Gasteiger partial charge in [-0.05, 0) is 43.9 Å². The number of rotatable bonds is 2. The zero-order valence-corrected chi connectivity index (χ0v) is 15.8. The fraction of sp³-hybridized carbons (Fsp3) is 0.278. The summed E-state index contributed by atoms with van der Waals surface area (Å²) < 4.78 is 40.1. The van der Waals surface area contributed by atoms with E-state index >= 15 is 0 Å². The Morgan fingerprint density at radius 1 is 1.25 bits per heavy atom. The third kappa shape index (κ3) is 3.29. The topological polar surface area (TPSA) is 63.5 Å². The highest BCUT2D eigenvalue weighted by molar-refractivity contribution is 7.17. The fourth-order valence-electron chi connectivity index (χ4n) is 3.21. The molecule has 2 aromatic heterocycles. The molecule has 5 nitrogen and oxygen atoms in total. The quantitative estimate of drug-likeness (QED) is 0.652. The summed E-state index contributed by atoms with van der Waals surface area (Å²) in [6, 6.07) is 2.60. The fourth-order valence-corrected chi connectivity index (χ4v) is 4.54. The molecule has 0 aliphatic heterocycles. The van der Waals surface area contributed by atoms with Crippen molar-refractivity contribution in [2.75, 3.05) is 5.32 Å². The lowest BCUT2D eigenvalue weighted by Gasteiger charge is -2.12. The monoisotopic (exact) mass is 427 g/mol. The molecule has 1 amide bonds. The van der Waals surface area contributed by atoms with Crippen LogP contribution in [0.25, 0.3) is 4.96 Å². The van der Waals surface area contributed by atoms with Crippen molar-refractivity contribution in [2.45, 2.75) is 31.9 Å². The predicted molar refractivity (Wildman–Crippen MR) is 100 cm³/mol. The maximum atomic E-state index is 12.9. The van der Waals surface area contributed by atoms with E-state index in [4.69, 9.17) is 11.6 Å². The second kappa shape index (κ2) is 6.89. The molecule has 1 aromatic carbocycles. The van der Waals surface area contributed by atoms with Gasteiger partial charge < -0.3 is 5.32 Å². The molecule has 0 atom stereocenters. The van der Waals surface area contributed by atoms with Gasteiger partial charge in [-0.2, -0.15) is 13.2 Å².